The molecule has 1 nitrogen and oxygen atoms in total. The molecular formula is C34H40NP. The summed E-state index contributed by atoms with van der Waals surface area (Å²) in [5.41, 5.74) is 7.05. The number of rotatable bonds is 6. The summed E-state index contributed by atoms with van der Waals surface area (Å²) >= 11 is 0. The van der Waals surface area contributed by atoms with Gasteiger partial charge >= 0.3 is 0 Å². The van der Waals surface area contributed by atoms with Crippen LogP contribution in [-0.2, 0) is 17.4 Å². The van der Waals surface area contributed by atoms with Crippen molar-refractivity contribution < 1.29 is 0 Å². The Bertz CT molecular complexity index is 1260. The highest BCUT2D eigenvalue weighted by Crippen LogP contribution is 2.37. The first-order chi connectivity index (χ1) is 17.1. The topological polar surface area (TPSA) is 12.0 Å². The molecule has 0 amide bonds. The van der Waals surface area contributed by atoms with Crippen LogP contribution in [0.3, 0.4) is 0 Å². The van der Waals surface area contributed by atoms with E-state index in [1.807, 2.05) is 0 Å². The van der Waals surface area contributed by atoms with Crippen LogP contribution < -0.4 is 21.2 Å². The zero-order chi connectivity index (χ0) is 25.9. The molecule has 0 heterocycles. The van der Waals surface area contributed by atoms with Gasteiger partial charge in [-0.05, 0) is 64.6 Å². The highest BCUT2D eigenvalue weighted by atomic mass is 31.1. The molecule has 0 radical (unpaired) electrons. The van der Waals surface area contributed by atoms with Gasteiger partial charge in [0, 0.05) is 17.5 Å². The lowest BCUT2D eigenvalue weighted by atomic mass is 9.77. The standard InChI is InChI=1S/C34H40NP/c1-25-26(22-27(33(2,3)4)23-30(25)34(5,6)7)24-35-31-20-14-15-21-32(31)36(28-16-10-8-11-17-28)29-18-12-9-13-19-29/h8-23,35H,24H2,1-7H3. The monoisotopic (exact) mass is 493 g/mol. The molecule has 4 aromatic rings. The quantitative estimate of drug-likeness (QED) is 0.269. The van der Waals surface area contributed by atoms with E-state index in [-0.39, 0.29) is 10.8 Å². The minimum Gasteiger partial charge on any atom is -0.380 e. The largest absolute Gasteiger partial charge is 0.380 e. The van der Waals surface area contributed by atoms with Gasteiger partial charge in [-0.2, -0.15) is 0 Å². The normalized spacial score (nSPS) is 12.1. The van der Waals surface area contributed by atoms with Crippen molar-refractivity contribution in [2.45, 2.75) is 65.8 Å². The number of anilines is 1. The smallest absolute Gasteiger partial charge is 0.0427 e. The number of hydrogen-bond acceptors (Lipinski definition) is 1. The molecular weight excluding hydrogens is 453 g/mol. The van der Waals surface area contributed by atoms with Crippen molar-refractivity contribution in [3.8, 4) is 0 Å². The summed E-state index contributed by atoms with van der Waals surface area (Å²) < 4.78 is 0. The fourth-order valence-corrected chi connectivity index (χ4v) is 7.18. The van der Waals surface area contributed by atoms with E-state index in [9.17, 15) is 0 Å². The number of para-hydroxylation sites is 1. The van der Waals surface area contributed by atoms with Crippen LogP contribution in [-0.4, -0.2) is 0 Å². The lowest BCUT2D eigenvalue weighted by molar-refractivity contribution is 0.564. The summed E-state index contributed by atoms with van der Waals surface area (Å²) in [5.74, 6) is 0. The van der Waals surface area contributed by atoms with Crippen molar-refractivity contribution in [2.24, 2.45) is 0 Å². The minimum absolute atomic E-state index is 0.104. The average Bonchev–Trinajstić information content (AvgIpc) is 2.84. The van der Waals surface area contributed by atoms with Crippen molar-refractivity contribution in [1.29, 1.82) is 0 Å². The molecule has 0 aliphatic heterocycles. The molecule has 0 saturated carbocycles. The lowest BCUT2D eigenvalue weighted by Gasteiger charge is -2.29. The van der Waals surface area contributed by atoms with Crippen LogP contribution in [0.5, 0.6) is 0 Å². The highest BCUT2D eigenvalue weighted by molar-refractivity contribution is 7.80. The minimum atomic E-state index is -0.667. The second-order valence-corrected chi connectivity index (χ2v) is 13.9. The fraction of sp³-hybridized carbons (Fsp3) is 0.294. The first-order valence-corrected chi connectivity index (χ1v) is 14.3. The molecule has 0 unspecified atom stereocenters. The third-order valence-electron chi connectivity index (χ3n) is 6.83. The molecule has 0 bridgehead atoms. The van der Waals surface area contributed by atoms with Crippen LogP contribution in [0, 0.1) is 6.92 Å². The Morgan fingerprint density at radius 2 is 1.17 bits per heavy atom. The first kappa shape index (κ1) is 26.2. The van der Waals surface area contributed by atoms with Crippen LogP contribution in [0.25, 0.3) is 0 Å². The molecule has 4 rings (SSSR count). The lowest BCUT2D eigenvalue weighted by Crippen LogP contribution is -2.23. The third-order valence-corrected chi connectivity index (χ3v) is 9.33. The predicted molar refractivity (Wildman–Crippen MR) is 161 cm³/mol. The zero-order valence-corrected chi connectivity index (χ0v) is 23.8. The van der Waals surface area contributed by atoms with Gasteiger partial charge in [-0.3, -0.25) is 0 Å². The SMILES string of the molecule is Cc1c(CNc2ccccc2P(c2ccccc2)c2ccccc2)cc(C(C)(C)C)cc1C(C)(C)C. The molecule has 0 aliphatic rings. The van der Waals surface area contributed by atoms with E-state index in [4.69, 9.17) is 0 Å². The highest BCUT2D eigenvalue weighted by Gasteiger charge is 2.24. The van der Waals surface area contributed by atoms with E-state index >= 15 is 0 Å². The van der Waals surface area contributed by atoms with E-state index < -0.39 is 7.92 Å². The number of benzene rings is 4. The number of hydrogen-bond donors (Lipinski definition) is 1. The van der Waals surface area contributed by atoms with Gasteiger partial charge in [0.05, 0.1) is 0 Å². The van der Waals surface area contributed by atoms with Crippen molar-refractivity contribution in [3.63, 3.8) is 0 Å². The van der Waals surface area contributed by atoms with Gasteiger partial charge in [0.25, 0.3) is 0 Å². The second-order valence-electron chi connectivity index (χ2n) is 11.7. The predicted octanol–water partition coefficient (Wildman–Crippen LogP) is 7.96. The van der Waals surface area contributed by atoms with Gasteiger partial charge in [-0.15, -0.1) is 0 Å². The molecule has 36 heavy (non-hydrogen) atoms. The van der Waals surface area contributed by atoms with Gasteiger partial charge in [0.2, 0.25) is 0 Å². The Morgan fingerprint density at radius 3 is 1.69 bits per heavy atom. The summed E-state index contributed by atoms with van der Waals surface area (Å²) in [6, 6.07) is 35.6. The van der Waals surface area contributed by atoms with Crippen molar-refractivity contribution in [1.82, 2.24) is 0 Å². The second kappa shape index (κ2) is 10.6. The summed E-state index contributed by atoms with van der Waals surface area (Å²) in [6.07, 6.45) is 0. The first-order valence-electron chi connectivity index (χ1n) is 12.9. The summed E-state index contributed by atoms with van der Waals surface area (Å²) in [6.45, 7) is 17.0. The summed E-state index contributed by atoms with van der Waals surface area (Å²) in [4.78, 5) is 0. The molecule has 0 aromatic heterocycles. The molecule has 0 saturated heterocycles. The van der Waals surface area contributed by atoms with Gasteiger partial charge in [0.15, 0.2) is 0 Å². The van der Waals surface area contributed by atoms with E-state index in [1.165, 1.54) is 43.9 Å². The van der Waals surface area contributed by atoms with E-state index in [1.54, 1.807) is 0 Å². The molecule has 0 fully saturated rings. The maximum Gasteiger partial charge on any atom is 0.0427 e. The van der Waals surface area contributed by atoms with Crippen molar-refractivity contribution in [3.05, 3.63) is 119 Å². The zero-order valence-electron chi connectivity index (χ0n) is 22.9. The fourth-order valence-electron chi connectivity index (χ4n) is 4.76. The van der Waals surface area contributed by atoms with Crippen molar-refractivity contribution >= 4 is 29.5 Å². The Kier molecular flexibility index (Phi) is 7.72. The Balaban J connectivity index is 1.75. The van der Waals surface area contributed by atoms with Gasteiger partial charge < -0.3 is 5.32 Å². The third kappa shape index (κ3) is 5.91. The van der Waals surface area contributed by atoms with Crippen LogP contribution in [0.4, 0.5) is 5.69 Å². The molecule has 0 aliphatic carbocycles. The van der Waals surface area contributed by atoms with Crippen molar-refractivity contribution in [2.75, 3.05) is 5.32 Å². The van der Waals surface area contributed by atoms with Gasteiger partial charge in [-0.25, -0.2) is 0 Å². The van der Waals surface area contributed by atoms with Crippen LogP contribution >= 0.6 is 7.92 Å². The van der Waals surface area contributed by atoms with E-state index in [2.05, 4.69) is 151 Å². The Morgan fingerprint density at radius 1 is 0.639 bits per heavy atom. The molecule has 186 valence electrons. The molecule has 1 N–H and O–H groups in total. The summed E-state index contributed by atoms with van der Waals surface area (Å²) in [5, 5.41) is 7.97. The number of nitrogens with one attached hydrogen (secondary N) is 1. The van der Waals surface area contributed by atoms with E-state index in [0.29, 0.717) is 0 Å². The maximum atomic E-state index is 3.86. The Labute approximate surface area is 219 Å². The molecule has 0 spiro atoms. The molecule has 2 heteroatoms. The van der Waals surface area contributed by atoms with Crippen LogP contribution in [0.2, 0.25) is 0 Å². The maximum absolute atomic E-state index is 3.86. The van der Waals surface area contributed by atoms with Gasteiger partial charge in [0.1, 0.15) is 0 Å². The molecule has 4 aromatic carbocycles. The molecule has 0 atom stereocenters. The summed E-state index contributed by atoms with van der Waals surface area (Å²) in [7, 11) is -0.667. The van der Waals surface area contributed by atoms with Gasteiger partial charge in [-0.1, -0.05) is 133 Å². The Hall–Kier alpha value is -2.89. The van der Waals surface area contributed by atoms with E-state index in [0.717, 1.165) is 6.54 Å². The van der Waals surface area contributed by atoms with Crippen LogP contribution in [0.1, 0.15) is 63.8 Å². The average molecular weight is 494 g/mol. The van der Waals surface area contributed by atoms with Crippen LogP contribution in [0.15, 0.2) is 97.1 Å².